The fraction of sp³-hybridized carbons (Fsp3) is 0.0769. The van der Waals surface area contributed by atoms with Crippen LogP contribution in [-0.2, 0) is 0 Å². The van der Waals surface area contributed by atoms with Gasteiger partial charge in [0.2, 0.25) is 5.43 Å². The minimum atomic E-state index is -1.24. The maximum Gasteiger partial charge on any atom is 0.341 e. The number of benzene rings is 1. The normalized spacial score (nSPS) is 9.83. The summed E-state index contributed by atoms with van der Waals surface area (Å²) in [7, 11) is 0. The van der Waals surface area contributed by atoms with E-state index in [1.807, 2.05) is 0 Å². The Kier molecular flexibility index (Phi) is 3.40. The summed E-state index contributed by atoms with van der Waals surface area (Å²) in [6.07, 6.45) is 1.20. The van der Waals surface area contributed by atoms with E-state index >= 15 is 0 Å². The molecule has 0 aliphatic rings. The summed E-state index contributed by atoms with van der Waals surface area (Å²) in [5, 5.41) is 9.18. The van der Waals surface area contributed by atoms with Crippen LogP contribution < -0.4 is 5.43 Å². The Hall–Kier alpha value is -2.19. The predicted molar refractivity (Wildman–Crippen MR) is 72.3 cm³/mol. The maximum atomic E-state index is 11.8. The number of pyridine rings is 1. The molecule has 0 unspecified atom stereocenters. The highest BCUT2D eigenvalue weighted by molar-refractivity contribution is 7.80. The number of nitrogens with one attached hydrogen (secondary N) is 1. The number of H-pyrrole nitrogens is 1. The van der Waals surface area contributed by atoms with Crippen LogP contribution in [0.3, 0.4) is 0 Å². The zero-order valence-electron chi connectivity index (χ0n) is 9.23. The van der Waals surface area contributed by atoms with Crippen LogP contribution in [0.15, 0.2) is 29.2 Å². The Morgan fingerprint density at radius 1 is 1.44 bits per heavy atom. The molecule has 0 bridgehead atoms. The molecule has 2 rings (SSSR count). The van der Waals surface area contributed by atoms with E-state index in [4.69, 9.17) is 5.11 Å². The molecule has 0 spiro atoms. The summed E-state index contributed by atoms with van der Waals surface area (Å²) in [6.45, 7) is 0. The molecule has 0 aliphatic heterocycles. The zero-order chi connectivity index (χ0) is 13.1. The van der Waals surface area contributed by atoms with E-state index in [9.17, 15) is 9.59 Å². The first kappa shape index (κ1) is 12.3. The molecule has 0 fully saturated rings. The lowest BCUT2D eigenvalue weighted by Gasteiger charge is -2.00. The first-order chi connectivity index (χ1) is 8.63. The highest BCUT2D eigenvalue weighted by Gasteiger charge is 2.10. The molecule has 0 saturated carbocycles. The van der Waals surface area contributed by atoms with Crippen molar-refractivity contribution in [3.8, 4) is 11.8 Å². The lowest BCUT2D eigenvalue weighted by Crippen LogP contribution is -2.15. The SMILES string of the molecule is O=C(O)c1c[nH]c2cc(C#CCS)ccc2c1=O. The third-order valence-corrected chi connectivity index (χ3v) is 2.58. The lowest BCUT2D eigenvalue weighted by atomic mass is 10.1. The van der Waals surface area contributed by atoms with Crippen LogP contribution in [0.5, 0.6) is 0 Å². The Labute approximate surface area is 108 Å². The van der Waals surface area contributed by atoms with Crippen molar-refractivity contribution >= 4 is 29.5 Å². The fourth-order valence-corrected chi connectivity index (χ4v) is 1.68. The van der Waals surface area contributed by atoms with Gasteiger partial charge in [-0.05, 0) is 18.2 Å². The molecule has 1 aromatic carbocycles. The van der Waals surface area contributed by atoms with Gasteiger partial charge in [-0.25, -0.2) is 4.79 Å². The Morgan fingerprint density at radius 2 is 2.22 bits per heavy atom. The van der Waals surface area contributed by atoms with E-state index in [2.05, 4.69) is 29.5 Å². The average Bonchev–Trinajstić information content (AvgIpc) is 2.36. The van der Waals surface area contributed by atoms with Crippen LogP contribution >= 0.6 is 12.6 Å². The van der Waals surface area contributed by atoms with Crippen molar-refractivity contribution in [3.05, 3.63) is 45.7 Å². The van der Waals surface area contributed by atoms with E-state index in [1.165, 1.54) is 6.20 Å². The number of fused-ring (bicyclic) bond motifs is 1. The molecule has 0 radical (unpaired) electrons. The smallest absolute Gasteiger partial charge is 0.341 e. The van der Waals surface area contributed by atoms with E-state index in [0.29, 0.717) is 16.7 Å². The van der Waals surface area contributed by atoms with Crippen molar-refractivity contribution in [1.82, 2.24) is 4.98 Å². The summed E-state index contributed by atoms with van der Waals surface area (Å²) >= 11 is 3.98. The van der Waals surface area contributed by atoms with E-state index in [1.54, 1.807) is 18.2 Å². The third-order valence-electron chi connectivity index (χ3n) is 2.42. The molecule has 90 valence electrons. The number of aromatic nitrogens is 1. The molecular weight excluding hydrogens is 250 g/mol. The summed E-state index contributed by atoms with van der Waals surface area (Å²) < 4.78 is 0. The molecule has 4 nitrogen and oxygen atoms in total. The number of carboxylic acid groups (broad SMARTS) is 1. The van der Waals surface area contributed by atoms with Gasteiger partial charge in [-0.15, -0.1) is 0 Å². The van der Waals surface area contributed by atoms with Gasteiger partial charge in [0.1, 0.15) is 5.56 Å². The number of thiol groups is 1. The molecule has 1 aromatic heterocycles. The number of carboxylic acids is 1. The molecule has 2 N–H and O–H groups in total. The summed E-state index contributed by atoms with van der Waals surface area (Å²) in [6, 6.07) is 4.96. The number of hydrogen-bond donors (Lipinski definition) is 3. The molecule has 2 aromatic rings. The summed E-state index contributed by atoms with van der Waals surface area (Å²) in [5.41, 5.74) is 0.549. The van der Waals surface area contributed by atoms with Crippen molar-refractivity contribution in [3.63, 3.8) is 0 Å². The largest absolute Gasteiger partial charge is 0.477 e. The fourth-order valence-electron chi connectivity index (χ4n) is 1.60. The number of carbonyl (C=O) groups is 1. The van der Waals surface area contributed by atoms with Crippen molar-refractivity contribution in [2.45, 2.75) is 0 Å². The Bertz CT molecular complexity index is 737. The first-order valence-electron chi connectivity index (χ1n) is 5.12. The number of aromatic amines is 1. The van der Waals surface area contributed by atoms with Crippen molar-refractivity contribution in [2.24, 2.45) is 0 Å². The minimum Gasteiger partial charge on any atom is -0.477 e. The van der Waals surface area contributed by atoms with Gasteiger partial charge in [0.15, 0.2) is 0 Å². The average molecular weight is 259 g/mol. The molecule has 18 heavy (non-hydrogen) atoms. The van der Waals surface area contributed by atoms with Crippen molar-refractivity contribution < 1.29 is 9.90 Å². The van der Waals surface area contributed by atoms with Gasteiger partial charge in [0.05, 0.1) is 11.3 Å². The van der Waals surface area contributed by atoms with Gasteiger partial charge in [0, 0.05) is 17.1 Å². The molecule has 0 aliphatic carbocycles. The zero-order valence-corrected chi connectivity index (χ0v) is 10.1. The van der Waals surface area contributed by atoms with Gasteiger partial charge in [-0.2, -0.15) is 12.6 Å². The van der Waals surface area contributed by atoms with Crippen LogP contribution in [0.1, 0.15) is 15.9 Å². The van der Waals surface area contributed by atoms with Crippen LogP contribution in [0, 0.1) is 11.8 Å². The van der Waals surface area contributed by atoms with Gasteiger partial charge in [-0.1, -0.05) is 11.8 Å². The van der Waals surface area contributed by atoms with E-state index in [0.717, 1.165) is 5.56 Å². The first-order valence-corrected chi connectivity index (χ1v) is 5.75. The topological polar surface area (TPSA) is 70.2 Å². The summed E-state index contributed by atoms with van der Waals surface area (Å²) in [4.78, 5) is 25.5. The summed E-state index contributed by atoms with van der Waals surface area (Å²) in [5.74, 6) is 4.89. The van der Waals surface area contributed by atoms with Crippen LogP contribution in [0.2, 0.25) is 0 Å². The van der Waals surface area contributed by atoms with Crippen LogP contribution in [-0.4, -0.2) is 21.8 Å². The molecule has 5 heteroatoms. The molecule has 1 heterocycles. The third kappa shape index (κ3) is 2.24. The molecule has 0 saturated heterocycles. The molecule has 0 atom stereocenters. The van der Waals surface area contributed by atoms with Gasteiger partial charge >= 0.3 is 5.97 Å². The molecule has 0 amide bonds. The van der Waals surface area contributed by atoms with Gasteiger partial charge in [-0.3, -0.25) is 4.79 Å². The monoisotopic (exact) mass is 259 g/mol. The predicted octanol–water partition coefficient (Wildman–Crippen LogP) is 1.51. The standard InChI is InChI=1S/C13H9NO3S/c15-12-9-4-3-8(2-1-5-18)6-11(9)14-7-10(12)13(16)17/h3-4,6-7,18H,5H2,(H,14,15)(H,16,17). The van der Waals surface area contributed by atoms with Crippen LogP contribution in [0.25, 0.3) is 10.9 Å². The highest BCUT2D eigenvalue weighted by Crippen LogP contribution is 2.10. The number of hydrogen-bond acceptors (Lipinski definition) is 3. The number of aromatic carboxylic acids is 1. The van der Waals surface area contributed by atoms with Gasteiger partial charge in [0.25, 0.3) is 0 Å². The second-order valence-corrected chi connectivity index (χ2v) is 3.87. The lowest BCUT2D eigenvalue weighted by molar-refractivity contribution is 0.0695. The van der Waals surface area contributed by atoms with Crippen LogP contribution in [0.4, 0.5) is 0 Å². The van der Waals surface area contributed by atoms with E-state index in [-0.39, 0.29) is 5.56 Å². The van der Waals surface area contributed by atoms with Gasteiger partial charge < -0.3 is 10.1 Å². The maximum absolute atomic E-state index is 11.8. The molecular formula is C13H9NO3S. The second kappa shape index (κ2) is 4.98. The number of rotatable bonds is 1. The van der Waals surface area contributed by atoms with E-state index < -0.39 is 11.4 Å². The Morgan fingerprint density at radius 3 is 2.89 bits per heavy atom. The Balaban J connectivity index is 2.65. The van der Waals surface area contributed by atoms with Crippen molar-refractivity contribution in [2.75, 3.05) is 5.75 Å². The minimum absolute atomic E-state index is 0.267. The quantitative estimate of drug-likeness (QED) is 0.537. The highest BCUT2D eigenvalue weighted by atomic mass is 32.1. The van der Waals surface area contributed by atoms with Crippen molar-refractivity contribution in [1.29, 1.82) is 0 Å². The second-order valence-electron chi connectivity index (χ2n) is 3.56.